The van der Waals surface area contributed by atoms with Gasteiger partial charge in [-0.3, -0.25) is 0 Å². The number of ether oxygens (including phenoxy) is 1. The average Bonchev–Trinajstić information content (AvgIpc) is 2.29. The van der Waals surface area contributed by atoms with Gasteiger partial charge in [-0.15, -0.1) is 0 Å². The predicted molar refractivity (Wildman–Crippen MR) is 58.1 cm³/mol. The molecule has 2 heterocycles. The lowest BCUT2D eigenvalue weighted by molar-refractivity contribution is -0.0226. The van der Waals surface area contributed by atoms with Gasteiger partial charge in [-0.2, -0.15) is 0 Å². The van der Waals surface area contributed by atoms with Gasteiger partial charge in [0.25, 0.3) is 0 Å². The summed E-state index contributed by atoms with van der Waals surface area (Å²) >= 11 is 0. The third-order valence-corrected chi connectivity index (χ3v) is 3.39. The van der Waals surface area contributed by atoms with Crippen molar-refractivity contribution in [2.24, 2.45) is 5.92 Å². The summed E-state index contributed by atoms with van der Waals surface area (Å²) in [6, 6.07) is 8.64. The lowest BCUT2D eigenvalue weighted by atomic mass is 9.55. The Hall–Kier alpha value is -0.755. The second-order valence-electron chi connectivity index (χ2n) is 4.26. The monoisotopic (exact) mass is 185 g/mol. The first-order chi connectivity index (χ1) is 6.95. The molecular formula is C12H14BO. The summed E-state index contributed by atoms with van der Waals surface area (Å²) in [4.78, 5) is 0. The van der Waals surface area contributed by atoms with E-state index >= 15 is 0 Å². The van der Waals surface area contributed by atoms with Crippen LogP contribution in [0.5, 0.6) is 0 Å². The largest absolute Gasteiger partial charge is 0.373 e. The van der Waals surface area contributed by atoms with Crippen molar-refractivity contribution in [3.63, 3.8) is 0 Å². The summed E-state index contributed by atoms with van der Waals surface area (Å²) in [6.45, 7) is 0.940. The molecule has 2 heteroatoms. The molecule has 0 spiro atoms. The zero-order chi connectivity index (χ0) is 9.38. The Labute approximate surface area is 85.7 Å². The number of hydrogen-bond donors (Lipinski definition) is 0. The molecule has 14 heavy (non-hydrogen) atoms. The van der Waals surface area contributed by atoms with Crippen molar-refractivity contribution < 1.29 is 4.74 Å². The van der Waals surface area contributed by atoms with Crippen molar-refractivity contribution >= 4 is 12.7 Å². The maximum Gasteiger partial charge on any atom is 0.152 e. The smallest absolute Gasteiger partial charge is 0.152 e. The van der Waals surface area contributed by atoms with Crippen LogP contribution in [-0.2, 0) is 4.74 Å². The van der Waals surface area contributed by atoms with Crippen LogP contribution in [0.2, 0.25) is 6.32 Å². The third-order valence-electron chi connectivity index (χ3n) is 3.39. The molecule has 71 valence electrons. The van der Waals surface area contributed by atoms with E-state index in [4.69, 9.17) is 4.74 Å². The third kappa shape index (κ3) is 1.29. The van der Waals surface area contributed by atoms with Crippen molar-refractivity contribution in [2.75, 3.05) is 6.61 Å². The quantitative estimate of drug-likeness (QED) is 0.561. The maximum atomic E-state index is 5.89. The van der Waals surface area contributed by atoms with E-state index in [2.05, 4.69) is 31.5 Å². The van der Waals surface area contributed by atoms with Gasteiger partial charge in [-0.05, 0) is 24.3 Å². The average molecular weight is 185 g/mol. The molecule has 3 rings (SSSR count). The summed E-state index contributed by atoms with van der Waals surface area (Å²) in [5.74, 6) is 0.735. The van der Waals surface area contributed by atoms with Gasteiger partial charge < -0.3 is 4.74 Å². The molecule has 1 nitrogen and oxygen atoms in total. The standard InChI is InChI=1S/C12H14BO/c1-2-6-11-10(5-1)12-9(8-13-11)4-3-7-14-12/h1-2,5-6,9,12H,3-4,7-8H2. The van der Waals surface area contributed by atoms with Crippen LogP contribution in [0, 0.1) is 5.92 Å². The molecule has 0 N–H and O–H groups in total. The molecular weight excluding hydrogens is 171 g/mol. The highest BCUT2D eigenvalue weighted by Crippen LogP contribution is 2.37. The Kier molecular flexibility index (Phi) is 2.09. The SMILES string of the molecule is [B]1CC2CCCOC2c2ccccc21. The van der Waals surface area contributed by atoms with E-state index in [1.54, 1.807) is 0 Å². The molecule has 1 radical (unpaired) electrons. The Morgan fingerprint density at radius 2 is 2.21 bits per heavy atom. The first kappa shape index (κ1) is 8.54. The highest BCUT2D eigenvalue weighted by molar-refractivity contribution is 6.54. The maximum absolute atomic E-state index is 5.89. The summed E-state index contributed by atoms with van der Waals surface area (Å²) in [5, 5.41) is 0. The van der Waals surface area contributed by atoms with Gasteiger partial charge >= 0.3 is 0 Å². The molecule has 0 bridgehead atoms. The Bertz CT molecular complexity index is 337. The van der Waals surface area contributed by atoms with Crippen LogP contribution in [0.1, 0.15) is 24.5 Å². The van der Waals surface area contributed by atoms with E-state index < -0.39 is 0 Å². The minimum atomic E-state index is 0.380. The number of hydrogen-bond acceptors (Lipinski definition) is 1. The minimum Gasteiger partial charge on any atom is -0.373 e. The van der Waals surface area contributed by atoms with Crippen LogP contribution in [-0.4, -0.2) is 13.9 Å². The zero-order valence-corrected chi connectivity index (χ0v) is 8.28. The van der Waals surface area contributed by atoms with Crippen molar-refractivity contribution in [2.45, 2.75) is 25.3 Å². The zero-order valence-electron chi connectivity index (χ0n) is 8.28. The molecule has 0 aromatic heterocycles. The molecule has 2 unspecified atom stereocenters. The van der Waals surface area contributed by atoms with Crippen LogP contribution < -0.4 is 5.46 Å². The van der Waals surface area contributed by atoms with E-state index in [0.717, 1.165) is 12.5 Å². The van der Waals surface area contributed by atoms with E-state index in [0.29, 0.717) is 6.10 Å². The molecule has 1 fully saturated rings. The van der Waals surface area contributed by atoms with Gasteiger partial charge in [0.1, 0.15) is 0 Å². The van der Waals surface area contributed by atoms with Crippen molar-refractivity contribution in [1.82, 2.24) is 0 Å². The molecule has 1 aromatic rings. The van der Waals surface area contributed by atoms with E-state index in [1.165, 1.54) is 30.2 Å². The normalized spacial score (nSPS) is 30.0. The first-order valence-electron chi connectivity index (χ1n) is 5.49. The minimum absolute atomic E-state index is 0.380. The first-order valence-corrected chi connectivity index (χ1v) is 5.49. The Morgan fingerprint density at radius 1 is 1.29 bits per heavy atom. The lowest BCUT2D eigenvalue weighted by Crippen LogP contribution is -2.36. The molecule has 1 aromatic carbocycles. The summed E-state index contributed by atoms with van der Waals surface area (Å²) < 4.78 is 5.89. The van der Waals surface area contributed by atoms with Crippen LogP contribution in [0.25, 0.3) is 0 Å². The molecule has 2 aliphatic heterocycles. The number of fused-ring (bicyclic) bond motifs is 3. The highest BCUT2D eigenvalue weighted by atomic mass is 16.5. The van der Waals surface area contributed by atoms with Crippen molar-refractivity contribution in [1.29, 1.82) is 0 Å². The van der Waals surface area contributed by atoms with Crippen LogP contribution in [0.15, 0.2) is 24.3 Å². The summed E-state index contributed by atoms with van der Waals surface area (Å²) in [7, 11) is 2.37. The van der Waals surface area contributed by atoms with Crippen molar-refractivity contribution in [3.8, 4) is 0 Å². The number of benzene rings is 1. The molecule has 0 amide bonds. The fourth-order valence-electron chi connectivity index (χ4n) is 2.66. The second-order valence-corrected chi connectivity index (χ2v) is 4.26. The highest BCUT2D eigenvalue weighted by Gasteiger charge is 2.32. The van der Waals surface area contributed by atoms with Crippen LogP contribution in [0.4, 0.5) is 0 Å². The van der Waals surface area contributed by atoms with Gasteiger partial charge in [0.05, 0.1) is 6.10 Å². The summed E-state index contributed by atoms with van der Waals surface area (Å²) in [5.41, 5.74) is 2.79. The van der Waals surface area contributed by atoms with E-state index in [-0.39, 0.29) is 0 Å². The Morgan fingerprint density at radius 3 is 3.21 bits per heavy atom. The van der Waals surface area contributed by atoms with Crippen LogP contribution >= 0.6 is 0 Å². The van der Waals surface area contributed by atoms with Gasteiger partial charge in [-0.25, -0.2) is 0 Å². The predicted octanol–water partition coefficient (Wildman–Crippen LogP) is 1.92. The summed E-state index contributed by atoms with van der Waals surface area (Å²) in [6.07, 6.45) is 4.14. The van der Waals surface area contributed by atoms with E-state index in [1.807, 2.05) is 0 Å². The Balaban J connectivity index is 1.99. The number of rotatable bonds is 0. The van der Waals surface area contributed by atoms with Gasteiger partial charge in [0.15, 0.2) is 7.28 Å². The van der Waals surface area contributed by atoms with Gasteiger partial charge in [0.2, 0.25) is 0 Å². The molecule has 0 aliphatic carbocycles. The van der Waals surface area contributed by atoms with Gasteiger partial charge in [0, 0.05) is 6.61 Å². The fourth-order valence-corrected chi connectivity index (χ4v) is 2.66. The molecule has 2 aliphatic rings. The molecule has 1 saturated heterocycles. The molecule has 2 atom stereocenters. The lowest BCUT2D eigenvalue weighted by Gasteiger charge is -2.36. The topological polar surface area (TPSA) is 9.23 Å². The molecule has 0 saturated carbocycles. The van der Waals surface area contributed by atoms with Crippen LogP contribution in [0.3, 0.4) is 0 Å². The van der Waals surface area contributed by atoms with Gasteiger partial charge in [-0.1, -0.05) is 36.0 Å². The second kappa shape index (κ2) is 3.43. The van der Waals surface area contributed by atoms with E-state index in [9.17, 15) is 0 Å². The fraction of sp³-hybridized carbons (Fsp3) is 0.500. The van der Waals surface area contributed by atoms with Crippen molar-refractivity contribution in [3.05, 3.63) is 29.8 Å².